The number of nitrogens with zero attached hydrogens (tertiary/aromatic N) is 1. The molecule has 27 heavy (non-hydrogen) atoms. The Bertz CT molecular complexity index is 775. The zero-order valence-corrected chi connectivity index (χ0v) is 15.0. The van der Waals surface area contributed by atoms with Crippen molar-refractivity contribution in [3.63, 3.8) is 0 Å². The minimum absolute atomic E-state index is 0.0155. The Morgan fingerprint density at radius 3 is 2.78 bits per heavy atom. The van der Waals surface area contributed by atoms with E-state index in [0.717, 1.165) is 11.8 Å². The number of oxime groups is 1. The lowest BCUT2D eigenvalue weighted by Crippen LogP contribution is -2.56. The van der Waals surface area contributed by atoms with Gasteiger partial charge in [-0.05, 0) is 17.7 Å². The lowest BCUT2D eigenvalue weighted by molar-refractivity contribution is -0.141. The van der Waals surface area contributed by atoms with Gasteiger partial charge in [-0.15, -0.1) is 11.8 Å². The van der Waals surface area contributed by atoms with Gasteiger partial charge in [0.15, 0.2) is 11.8 Å². The average molecular weight is 398 g/mol. The quantitative estimate of drug-likeness (QED) is 0.274. The summed E-state index contributed by atoms with van der Waals surface area (Å²) in [5.41, 5.74) is 5.54. The Morgan fingerprint density at radius 2 is 2.26 bits per heavy atom. The third-order valence-corrected chi connectivity index (χ3v) is 4.81. The Morgan fingerprint density at radius 1 is 1.52 bits per heavy atom. The Kier molecular flexibility index (Phi) is 6.85. The van der Waals surface area contributed by atoms with E-state index in [4.69, 9.17) is 10.2 Å². The van der Waals surface area contributed by atoms with E-state index < -0.39 is 29.3 Å². The molecule has 1 aromatic rings. The smallest absolute Gasteiger partial charge is 0.352 e. The van der Waals surface area contributed by atoms with Crippen molar-refractivity contribution in [3.05, 3.63) is 35.4 Å². The molecule has 0 bridgehead atoms. The van der Waals surface area contributed by atoms with Gasteiger partial charge in [-0.2, -0.15) is 0 Å². The van der Waals surface area contributed by atoms with Crippen molar-refractivity contribution in [1.29, 1.82) is 0 Å². The number of carboxylic acid groups (broad SMARTS) is 2. The number of nitrogens with two attached hydrogens (primary N) is 1. The summed E-state index contributed by atoms with van der Waals surface area (Å²) in [5, 5.41) is 26.3. The maximum Gasteiger partial charge on any atom is 0.352 e. The van der Waals surface area contributed by atoms with Gasteiger partial charge in [0.25, 0.3) is 5.91 Å². The molecule has 1 aliphatic heterocycles. The van der Waals surface area contributed by atoms with Crippen molar-refractivity contribution >= 4 is 35.3 Å². The number of thioether (sulfide) groups is 1. The molecule has 146 valence electrons. The molecule has 11 nitrogen and oxygen atoms in total. The van der Waals surface area contributed by atoms with Crippen LogP contribution in [0.1, 0.15) is 5.76 Å². The van der Waals surface area contributed by atoms with Crippen LogP contribution in [0.3, 0.4) is 0 Å². The second kappa shape index (κ2) is 9.09. The van der Waals surface area contributed by atoms with Gasteiger partial charge in [0.1, 0.15) is 18.2 Å². The molecule has 0 saturated heterocycles. The lowest BCUT2D eigenvalue weighted by atomic mass is 10.2. The fourth-order valence-corrected chi connectivity index (χ4v) is 3.50. The van der Waals surface area contributed by atoms with Crippen LogP contribution in [0.4, 0.5) is 0 Å². The molecule has 0 aliphatic carbocycles. The molecular weight excluding hydrogens is 380 g/mol. The third-order valence-electron chi connectivity index (χ3n) is 3.55. The highest BCUT2D eigenvalue weighted by atomic mass is 32.2. The molecule has 0 fully saturated rings. The first-order valence-electron chi connectivity index (χ1n) is 7.61. The van der Waals surface area contributed by atoms with Crippen LogP contribution in [-0.4, -0.2) is 64.6 Å². The number of carbonyl (C=O) groups excluding carboxylic acids is 1. The predicted molar refractivity (Wildman–Crippen MR) is 94.9 cm³/mol. The molecule has 2 atom stereocenters. The second-order valence-corrected chi connectivity index (χ2v) is 6.38. The van der Waals surface area contributed by atoms with Crippen molar-refractivity contribution in [1.82, 2.24) is 10.6 Å². The van der Waals surface area contributed by atoms with Crippen LogP contribution in [0.2, 0.25) is 0 Å². The number of rotatable bonds is 8. The lowest BCUT2D eigenvalue weighted by Gasteiger charge is -2.31. The van der Waals surface area contributed by atoms with Gasteiger partial charge in [0.2, 0.25) is 5.71 Å². The fraction of sp³-hybridized carbons (Fsp3) is 0.333. The monoisotopic (exact) mass is 398 g/mol. The van der Waals surface area contributed by atoms with Gasteiger partial charge in [-0.1, -0.05) is 5.16 Å². The second-order valence-electron chi connectivity index (χ2n) is 5.25. The Labute approximate surface area is 157 Å². The molecule has 1 aromatic heterocycles. The number of carboxylic acids is 2. The van der Waals surface area contributed by atoms with E-state index in [1.807, 2.05) is 0 Å². The number of hydrogen-bond acceptors (Lipinski definition) is 9. The zero-order valence-electron chi connectivity index (χ0n) is 14.2. The summed E-state index contributed by atoms with van der Waals surface area (Å²) in [4.78, 5) is 40.2. The van der Waals surface area contributed by atoms with Crippen LogP contribution < -0.4 is 16.4 Å². The number of carbonyl (C=O) groups is 3. The first-order chi connectivity index (χ1) is 12.9. The summed E-state index contributed by atoms with van der Waals surface area (Å²) in [5.74, 6) is -3.17. The van der Waals surface area contributed by atoms with Gasteiger partial charge in [0.05, 0.1) is 6.26 Å². The number of aliphatic carboxylic acids is 2. The van der Waals surface area contributed by atoms with E-state index in [1.54, 1.807) is 0 Å². The van der Waals surface area contributed by atoms with Crippen LogP contribution in [0.25, 0.3) is 0 Å². The summed E-state index contributed by atoms with van der Waals surface area (Å²) < 4.78 is 5.10. The molecule has 1 amide bonds. The van der Waals surface area contributed by atoms with Gasteiger partial charge in [-0.3, -0.25) is 4.79 Å². The highest BCUT2D eigenvalue weighted by Gasteiger charge is 2.36. The zero-order chi connectivity index (χ0) is 20.0. The van der Waals surface area contributed by atoms with Crippen molar-refractivity contribution in [3.8, 4) is 0 Å². The molecule has 0 spiro atoms. The van der Waals surface area contributed by atoms with Crippen LogP contribution in [-0.2, 0) is 19.2 Å². The highest BCUT2D eigenvalue weighted by Crippen LogP contribution is 2.24. The number of furan rings is 1. The first kappa shape index (κ1) is 20.3. The van der Waals surface area contributed by atoms with E-state index >= 15 is 0 Å². The normalized spacial score (nSPS) is 18.4. The third kappa shape index (κ3) is 4.80. The molecule has 1 aliphatic rings. The minimum atomic E-state index is -1.45. The minimum Gasteiger partial charge on any atom is -0.480 e. The number of nitrogens with one attached hydrogen (secondary N) is 2. The Hall–Kier alpha value is -2.99. The van der Waals surface area contributed by atoms with Crippen molar-refractivity contribution in [2.75, 3.05) is 19.4 Å². The molecule has 12 heteroatoms. The predicted octanol–water partition coefficient (Wildman–Crippen LogP) is -0.841. The average Bonchev–Trinajstić information content (AvgIpc) is 3.17. The van der Waals surface area contributed by atoms with Gasteiger partial charge in [0, 0.05) is 12.3 Å². The largest absolute Gasteiger partial charge is 0.480 e. The van der Waals surface area contributed by atoms with Crippen LogP contribution >= 0.6 is 11.8 Å². The first-order valence-corrected chi connectivity index (χ1v) is 8.66. The molecule has 0 saturated carbocycles. The molecule has 6 N–H and O–H groups in total. The fourth-order valence-electron chi connectivity index (χ4n) is 2.28. The highest BCUT2D eigenvalue weighted by molar-refractivity contribution is 8.00. The Balaban J connectivity index is 2.22. The number of amides is 1. The maximum absolute atomic E-state index is 12.5. The maximum atomic E-state index is 12.5. The van der Waals surface area contributed by atoms with Crippen LogP contribution in [0.5, 0.6) is 0 Å². The summed E-state index contributed by atoms with van der Waals surface area (Å²) in [6, 6.07) is 1.53. The molecular formula is C15H18N4O7S. The van der Waals surface area contributed by atoms with Crippen LogP contribution in [0, 0.1) is 0 Å². The SMILES string of the molecule is CO/N=C(\C(=O)NC(C(=O)O)C1NC(C(=O)O)=C(CN)CS1)c1ccco1. The summed E-state index contributed by atoms with van der Waals surface area (Å²) in [6.07, 6.45) is 1.32. The van der Waals surface area contributed by atoms with Crippen molar-refractivity contribution in [2.45, 2.75) is 11.4 Å². The van der Waals surface area contributed by atoms with Gasteiger partial charge < -0.3 is 35.8 Å². The summed E-state index contributed by atoms with van der Waals surface area (Å²) in [6.45, 7) is 0.0155. The summed E-state index contributed by atoms with van der Waals surface area (Å²) in [7, 11) is 1.22. The molecule has 2 heterocycles. The number of hydrogen-bond donors (Lipinski definition) is 5. The van der Waals surface area contributed by atoms with E-state index in [0.29, 0.717) is 5.57 Å². The summed E-state index contributed by atoms with van der Waals surface area (Å²) >= 11 is 1.12. The van der Waals surface area contributed by atoms with Crippen LogP contribution in [0.15, 0.2) is 39.2 Å². The van der Waals surface area contributed by atoms with E-state index in [-0.39, 0.29) is 29.5 Å². The standard InChI is InChI=1S/C15H18N4O7S/c1-25-19-10(8-3-2-4-26-8)12(20)17-11(15(23)24)13-18-9(14(21)22)7(5-16)6-27-13/h2-4,11,13,18H,5-6,16H2,1H3,(H,17,20)(H,21,22)(H,23,24)/b19-10-. The van der Waals surface area contributed by atoms with Gasteiger partial charge >= 0.3 is 11.9 Å². The molecule has 0 radical (unpaired) electrons. The van der Waals surface area contributed by atoms with Crippen molar-refractivity contribution < 1.29 is 33.9 Å². The van der Waals surface area contributed by atoms with E-state index in [2.05, 4.69) is 20.6 Å². The van der Waals surface area contributed by atoms with Crippen molar-refractivity contribution in [2.24, 2.45) is 10.9 Å². The van der Waals surface area contributed by atoms with Gasteiger partial charge in [-0.25, -0.2) is 9.59 Å². The molecule has 2 unspecified atom stereocenters. The molecule has 2 rings (SSSR count). The topological polar surface area (TPSA) is 176 Å². The van der Waals surface area contributed by atoms with E-state index in [1.165, 1.54) is 25.5 Å². The van der Waals surface area contributed by atoms with E-state index in [9.17, 15) is 24.6 Å². The molecule has 0 aromatic carbocycles.